The van der Waals surface area contributed by atoms with Crippen LogP contribution in [0.5, 0.6) is 0 Å². The lowest BCUT2D eigenvalue weighted by atomic mass is 10.1. The van der Waals surface area contributed by atoms with Crippen molar-refractivity contribution < 1.29 is 13.9 Å². The van der Waals surface area contributed by atoms with E-state index in [2.05, 4.69) is 4.98 Å². The molecule has 7 heteroatoms. The predicted molar refractivity (Wildman–Crippen MR) is 102 cm³/mol. The summed E-state index contributed by atoms with van der Waals surface area (Å²) < 4.78 is 21.5. The number of fused-ring (bicyclic) bond motifs is 2. The maximum atomic E-state index is 14.0. The minimum atomic E-state index is -0.556. The van der Waals surface area contributed by atoms with E-state index in [0.29, 0.717) is 31.9 Å². The molecule has 0 unspecified atom stereocenters. The molecule has 3 aromatic heterocycles. The van der Waals surface area contributed by atoms with E-state index in [1.807, 2.05) is 13.0 Å². The van der Waals surface area contributed by atoms with Crippen LogP contribution in [0.25, 0.3) is 15.7 Å². The number of ether oxygens (including phenoxy) is 1. The van der Waals surface area contributed by atoms with Crippen molar-refractivity contribution in [3.05, 3.63) is 80.5 Å². The zero-order valence-electron chi connectivity index (χ0n) is 14.7. The molecule has 0 saturated carbocycles. The van der Waals surface area contributed by atoms with Crippen molar-refractivity contribution in [1.29, 1.82) is 0 Å². The van der Waals surface area contributed by atoms with E-state index in [0.717, 1.165) is 5.56 Å². The van der Waals surface area contributed by atoms with Crippen molar-refractivity contribution in [2.45, 2.75) is 20.5 Å². The van der Waals surface area contributed by atoms with Gasteiger partial charge in [-0.2, -0.15) is 0 Å². The smallest absolute Gasteiger partial charge is 0.349 e. The first-order valence-electron chi connectivity index (χ1n) is 8.28. The third kappa shape index (κ3) is 3.00. The van der Waals surface area contributed by atoms with Gasteiger partial charge in [-0.15, -0.1) is 11.3 Å². The molecular weight excluding hydrogens is 367 g/mol. The summed E-state index contributed by atoms with van der Waals surface area (Å²) >= 11 is 1.19. The van der Waals surface area contributed by atoms with Gasteiger partial charge in [-0.05, 0) is 43.2 Å². The van der Waals surface area contributed by atoms with Crippen LogP contribution in [0.4, 0.5) is 4.39 Å². The molecule has 0 fully saturated rings. The van der Waals surface area contributed by atoms with Gasteiger partial charge in [-0.3, -0.25) is 9.20 Å². The molecule has 136 valence electrons. The summed E-state index contributed by atoms with van der Waals surface area (Å²) in [6.07, 6.45) is 1.64. The van der Waals surface area contributed by atoms with Crippen LogP contribution in [-0.4, -0.2) is 15.4 Å². The van der Waals surface area contributed by atoms with E-state index < -0.39 is 5.97 Å². The summed E-state index contributed by atoms with van der Waals surface area (Å²) in [5.74, 6) is -0.917. The average molecular weight is 382 g/mol. The second kappa shape index (κ2) is 6.59. The molecular formula is C20H15FN2O3S. The van der Waals surface area contributed by atoms with Crippen molar-refractivity contribution in [2.24, 2.45) is 0 Å². The first kappa shape index (κ1) is 17.4. The van der Waals surface area contributed by atoms with Crippen molar-refractivity contribution in [3.63, 3.8) is 0 Å². The SMILES string of the molecule is Cc1c(C(=O)OCc2cc(=O)n3cccc(C)c3n2)sc2cccc(F)c12. The molecule has 0 spiro atoms. The molecule has 0 aliphatic rings. The summed E-state index contributed by atoms with van der Waals surface area (Å²) in [4.78, 5) is 29.5. The van der Waals surface area contributed by atoms with Crippen LogP contribution in [0.1, 0.15) is 26.5 Å². The number of carbonyl (C=O) groups excluding carboxylic acids is 1. The quantitative estimate of drug-likeness (QED) is 0.502. The number of pyridine rings is 1. The van der Waals surface area contributed by atoms with Crippen molar-refractivity contribution in [2.75, 3.05) is 0 Å². The summed E-state index contributed by atoms with van der Waals surface area (Å²) in [5.41, 5.74) is 2.05. The molecule has 0 N–H and O–H groups in total. The molecule has 4 aromatic rings. The fourth-order valence-corrected chi connectivity index (χ4v) is 4.15. The predicted octanol–water partition coefficient (Wildman–Crippen LogP) is 4.02. The number of benzene rings is 1. The lowest BCUT2D eigenvalue weighted by Crippen LogP contribution is -2.17. The molecule has 0 atom stereocenters. The molecule has 0 radical (unpaired) electrons. The maximum Gasteiger partial charge on any atom is 0.349 e. The highest BCUT2D eigenvalue weighted by Crippen LogP contribution is 2.33. The van der Waals surface area contributed by atoms with Crippen LogP contribution in [0.15, 0.2) is 47.4 Å². The first-order valence-corrected chi connectivity index (χ1v) is 9.10. The number of aromatic nitrogens is 2. The molecule has 1 aromatic carbocycles. The lowest BCUT2D eigenvalue weighted by Gasteiger charge is -2.07. The molecule has 5 nitrogen and oxygen atoms in total. The zero-order chi connectivity index (χ0) is 19.1. The molecule has 0 amide bonds. The van der Waals surface area contributed by atoms with E-state index in [-0.39, 0.29) is 18.0 Å². The van der Waals surface area contributed by atoms with E-state index in [4.69, 9.17) is 4.74 Å². The normalized spacial score (nSPS) is 11.2. The maximum absolute atomic E-state index is 14.0. The second-order valence-corrected chi connectivity index (χ2v) is 7.27. The van der Waals surface area contributed by atoms with Crippen LogP contribution < -0.4 is 5.56 Å². The van der Waals surface area contributed by atoms with Gasteiger partial charge in [-0.1, -0.05) is 12.1 Å². The molecule has 3 heterocycles. The Bertz CT molecular complexity index is 1260. The lowest BCUT2D eigenvalue weighted by molar-refractivity contribution is 0.0473. The van der Waals surface area contributed by atoms with Gasteiger partial charge in [0.1, 0.15) is 22.9 Å². The number of rotatable bonds is 3. The third-order valence-electron chi connectivity index (χ3n) is 4.38. The van der Waals surface area contributed by atoms with Gasteiger partial charge in [0.05, 0.1) is 5.69 Å². The fourth-order valence-electron chi connectivity index (χ4n) is 3.04. The summed E-state index contributed by atoms with van der Waals surface area (Å²) in [5, 5.41) is 0.437. The third-order valence-corrected chi connectivity index (χ3v) is 5.62. The van der Waals surface area contributed by atoms with Gasteiger partial charge in [0.25, 0.3) is 5.56 Å². The summed E-state index contributed by atoms with van der Waals surface area (Å²) in [7, 11) is 0. The number of nitrogens with zero attached hydrogens (tertiary/aromatic N) is 2. The van der Waals surface area contributed by atoms with Crippen molar-refractivity contribution >= 4 is 33.0 Å². The monoisotopic (exact) mass is 382 g/mol. The van der Waals surface area contributed by atoms with Gasteiger partial charge in [-0.25, -0.2) is 14.2 Å². The number of esters is 1. The van der Waals surface area contributed by atoms with E-state index in [1.165, 1.54) is 27.9 Å². The fraction of sp³-hybridized carbons (Fsp3) is 0.150. The van der Waals surface area contributed by atoms with Gasteiger partial charge in [0.2, 0.25) is 0 Å². The Morgan fingerprint density at radius 1 is 1.26 bits per heavy atom. The van der Waals surface area contributed by atoms with Gasteiger partial charge < -0.3 is 4.74 Å². The topological polar surface area (TPSA) is 60.7 Å². The Morgan fingerprint density at radius 3 is 2.85 bits per heavy atom. The molecule has 0 saturated heterocycles. The van der Waals surface area contributed by atoms with E-state index in [1.54, 1.807) is 31.3 Å². The van der Waals surface area contributed by atoms with Crippen LogP contribution >= 0.6 is 11.3 Å². The number of hydrogen-bond acceptors (Lipinski definition) is 5. The number of thiophene rings is 1. The standard InChI is InChI=1S/C20H15FN2O3S/c1-11-5-4-8-23-16(24)9-13(22-19(11)23)10-26-20(25)18-12(2)17-14(21)6-3-7-15(17)27-18/h3-9H,10H2,1-2H3. The van der Waals surface area contributed by atoms with Crippen molar-refractivity contribution in [1.82, 2.24) is 9.38 Å². The van der Waals surface area contributed by atoms with E-state index in [9.17, 15) is 14.0 Å². The highest BCUT2D eigenvalue weighted by atomic mass is 32.1. The van der Waals surface area contributed by atoms with Crippen LogP contribution in [0.3, 0.4) is 0 Å². The second-order valence-electron chi connectivity index (χ2n) is 6.22. The van der Waals surface area contributed by atoms with Crippen LogP contribution in [0.2, 0.25) is 0 Å². The van der Waals surface area contributed by atoms with E-state index >= 15 is 0 Å². The number of aryl methyl sites for hydroxylation is 2. The Morgan fingerprint density at radius 2 is 2.07 bits per heavy atom. The van der Waals surface area contributed by atoms with Gasteiger partial charge in [0.15, 0.2) is 0 Å². The molecule has 4 rings (SSSR count). The Kier molecular flexibility index (Phi) is 4.24. The number of carbonyl (C=O) groups is 1. The molecule has 0 aliphatic heterocycles. The number of hydrogen-bond donors (Lipinski definition) is 0. The molecule has 0 bridgehead atoms. The Balaban J connectivity index is 1.63. The van der Waals surface area contributed by atoms with Crippen molar-refractivity contribution in [3.8, 4) is 0 Å². The van der Waals surface area contributed by atoms with Gasteiger partial charge in [0, 0.05) is 22.3 Å². The first-order chi connectivity index (χ1) is 13.0. The summed E-state index contributed by atoms with van der Waals surface area (Å²) in [6, 6.07) is 9.71. The van der Waals surface area contributed by atoms with Crippen LogP contribution in [-0.2, 0) is 11.3 Å². The highest BCUT2D eigenvalue weighted by molar-refractivity contribution is 7.21. The largest absolute Gasteiger partial charge is 0.455 e. The molecule has 27 heavy (non-hydrogen) atoms. The average Bonchev–Trinajstić information content (AvgIpc) is 2.99. The zero-order valence-corrected chi connectivity index (χ0v) is 15.5. The minimum absolute atomic E-state index is 0.130. The highest BCUT2D eigenvalue weighted by Gasteiger charge is 2.19. The Hall–Kier alpha value is -3.06. The van der Waals surface area contributed by atoms with Crippen LogP contribution in [0, 0.1) is 19.7 Å². The minimum Gasteiger partial charge on any atom is -0.455 e. The number of halogens is 1. The van der Waals surface area contributed by atoms with Gasteiger partial charge >= 0.3 is 5.97 Å². The molecule has 0 aliphatic carbocycles. The summed E-state index contributed by atoms with van der Waals surface area (Å²) in [6.45, 7) is 3.42. The Labute approximate surface area is 157 Å².